The molecule has 4 N–H and O–H groups in total. The summed E-state index contributed by atoms with van der Waals surface area (Å²) >= 11 is 0. The van der Waals surface area contributed by atoms with E-state index in [-0.39, 0.29) is 6.61 Å². The van der Waals surface area contributed by atoms with Gasteiger partial charge in [0.1, 0.15) is 18.0 Å². The fourth-order valence-corrected chi connectivity index (χ4v) is 2.38. The molecule has 2 atom stereocenters. The van der Waals surface area contributed by atoms with Gasteiger partial charge in [-0.25, -0.2) is 0 Å². The van der Waals surface area contributed by atoms with Crippen LogP contribution in [0.2, 0.25) is 0 Å². The van der Waals surface area contributed by atoms with Gasteiger partial charge >= 0.3 is 0 Å². The Morgan fingerprint density at radius 1 is 1.40 bits per heavy atom. The van der Waals surface area contributed by atoms with Gasteiger partial charge < -0.3 is 20.7 Å². The lowest BCUT2D eigenvalue weighted by atomic mass is 9.92. The number of benzene rings is 1. The summed E-state index contributed by atoms with van der Waals surface area (Å²) in [5.74, 6) is 0.658. The Bertz CT molecular complexity index is 461. The molecule has 2 unspecified atom stereocenters. The largest absolute Gasteiger partial charge is 0.490 e. The van der Waals surface area contributed by atoms with Gasteiger partial charge in [-0.3, -0.25) is 0 Å². The summed E-state index contributed by atoms with van der Waals surface area (Å²) in [6.07, 6.45) is 6.49. The van der Waals surface area contributed by atoms with E-state index in [4.69, 9.17) is 10.5 Å². The number of hydrogen-bond acceptors (Lipinski definition) is 4. The van der Waals surface area contributed by atoms with Gasteiger partial charge in [-0.1, -0.05) is 24.3 Å². The van der Waals surface area contributed by atoms with E-state index in [2.05, 4.69) is 0 Å². The highest BCUT2D eigenvalue weighted by atomic mass is 16.5. The Hall–Kier alpha value is -1.36. The number of nitrogens with two attached hydrogens (primary N) is 1. The average molecular weight is 277 g/mol. The molecular formula is C16H23NO3. The molecule has 0 spiro atoms. The molecule has 2 rings (SSSR count). The zero-order valence-corrected chi connectivity index (χ0v) is 11.7. The van der Waals surface area contributed by atoms with Gasteiger partial charge in [0.15, 0.2) is 0 Å². The van der Waals surface area contributed by atoms with Crippen LogP contribution in [0.4, 0.5) is 0 Å². The van der Waals surface area contributed by atoms with Crippen LogP contribution in [0.15, 0.2) is 36.4 Å². The second-order valence-electron chi connectivity index (χ2n) is 5.35. The summed E-state index contributed by atoms with van der Waals surface area (Å²) in [5.41, 5.74) is 5.37. The molecule has 0 fully saturated rings. The molecule has 0 bridgehead atoms. The summed E-state index contributed by atoms with van der Waals surface area (Å²) in [5, 5.41) is 20.2. The number of hydrogen-bond donors (Lipinski definition) is 3. The van der Waals surface area contributed by atoms with Crippen molar-refractivity contribution in [1.82, 2.24) is 0 Å². The van der Waals surface area contributed by atoms with E-state index in [1.807, 2.05) is 30.4 Å². The van der Waals surface area contributed by atoms with E-state index >= 15 is 0 Å². The maximum atomic E-state index is 10.3. The van der Waals surface area contributed by atoms with Crippen LogP contribution in [0.1, 0.15) is 37.4 Å². The van der Waals surface area contributed by atoms with E-state index in [0.717, 1.165) is 24.8 Å². The van der Waals surface area contributed by atoms with Crippen molar-refractivity contribution in [3.05, 3.63) is 42.0 Å². The van der Waals surface area contributed by atoms with Crippen molar-refractivity contribution in [1.29, 1.82) is 0 Å². The second-order valence-corrected chi connectivity index (χ2v) is 5.35. The van der Waals surface area contributed by atoms with Crippen molar-refractivity contribution in [2.24, 2.45) is 5.73 Å². The highest BCUT2D eigenvalue weighted by Crippen LogP contribution is 2.25. The normalized spacial score (nSPS) is 23.6. The first-order valence-electron chi connectivity index (χ1n) is 7.14. The van der Waals surface area contributed by atoms with Gasteiger partial charge in [0, 0.05) is 0 Å². The van der Waals surface area contributed by atoms with Crippen LogP contribution in [0, 0.1) is 0 Å². The molecule has 0 aromatic heterocycles. The quantitative estimate of drug-likeness (QED) is 0.694. The second kappa shape index (κ2) is 6.88. The van der Waals surface area contributed by atoms with Gasteiger partial charge in [-0.15, -0.1) is 0 Å². The lowest BCUT2D eigenvalue weighted by Gasteiger charge is -2.27. The van der Waals surface area contributed by atoms with Crippen molar-refractivity contribution in [3.8, 4) is 5.75 Å². The van der Waals surface area contributed by atoms with E-state index in [0.29, 0.717) is 18.7 Å². The Labute approximate surface area is 119 Å². The minimum atomic E-state index is -0.871. The molecule has 1 aliphatic rings. The fraction of sp³-hybridized carbons (Fsp3) is 0.500. The zero-order valence-electron chi connectivity index (χ0n) is 11.7. The third kappa shape index (κ3) is 4.07. The van der Waals surface area contributed by atoms with Crippen LogP contribution in [-0.4, -0.2) is 29.0 Å². The van der Waals surface area contributed by atoms with E-state index < -0.39 is 11.7 Å². The molecule has 0 radical (unpaired) electrons. The average Bonchev–Trinajstić information content (AvgIpc) is 2.47. The first kappa shape index (κ1) is 15.0. The smallest absolute Gasteiger partial charge is 0.120 e. The molecule has 20 heavy (non-hydrogen) atoms. The number of aliphatic hydroxyl groups excluding tert-OH is 1. The fourth-order valence-electron chi connectivity index (χ4n) is 2.38. The van der Waals surface area contributed by atoms with Gasteiger partial charge in [-0.2, -0.15) is 0 Å². The standard InChI is InChI=1S/C16H23NO3/c17-10-7-15(18)13-5-4-6-14(11-13)20-12-16(19)8-2-1-3-9-16/h2,4-6,8,11,15,18-19H,1,3,7,9-10,12,17H2. The molecule has 4 nitrogen and oxygen atoms in total. The molecular weight excluding hydrogens is 254 g/mol. The Kier molecular flexibility index (Phi) is 5.17. The van der Waals surface area contributed by atoms with Crippen molar-refractivity contribution in [2.75, 3.05) is 13.2 Å². The molecule has 1 aromatic carbocycles. The molecule has 4 heteroatoms. The maximum absolute atomic E-state index is 10.3. The van der Waals surface area contributed by atoms with Crippen molar-refractivity contribution in [2.45, 2.75) is 37.4 Å². The lowest BCUT2D eigenvalue weighted by molar-refractivity contribution is 0.0252. The highest BCUT2D eigenvalue weighted by molar-refractivity contribution is 5.30. The van der Waals surface area contributed by atoms with E-state index in [1.165, 1.54) is 0 Å². The molecule has 110 valence electrons. The predicted octanol–water partition coefficient (Wildman–Crippen LogP) is 1.92. The SMILES string of the molecule is NCCC(O)c1cccc(OCC2(O)C=CCCC2)c1. The molecule has 0 amide bonds. The van der Waals surface area contributed by atoms with E-state index in [1.54, 1.807) is 6.07 Å². The van der Waals surface area contributed by atoms with Crippen LogP contribution in [0.5, 0.6) is 5.75 Å². The van der Waals surface area contributed by atoms with Crippen LogP contribution in [-0.2, 0) is 0 Å². The van der Waals surface area contributed by atoms with Crippen molar-refractivity contribution >= 4 is 0 Å². The first-order chi connectivity index (χ1) is 9.63. The highest BCUT2D eigenvalue weighted by Gasteiger charge is 2.26. The van der Waals surface area contributed by atoms with E-state index in [9.17, 15) is 10.2 Å². The van der Waals surface area contributed by atoms with Crippen LogP contribution in [0.3, 0.4) is 0 Å². The number of rotatable bonds is 6. The summed E-state index contributed by atoms with van der Waals surface area (Å²) in [6, 6.07) is 7.32. The number of aliphatic hydroxyl groups is 2. The molecule has 0 saturated carbocycles. The number of allylic oxidation sites excluding steroid dienone is 1. The first-order valence-corrected chi connectivity index (χ1v) is 7.14. The van der Waals surface area contributed by atoms with Crippen molar-refractivity contribution in [3.63, 3.8) is 0 Å². The van der Waals surface area contributed by atoms with Gasteiger partial charge in [0.05, 0.1) is 6.10 Å². The molecule has 0 saturated heterocycles. The molecule has 0 aliphatic heterocycles. The van der Waals surface area contributed by atoms with Crippen LogP contribution < -0.4 is 10.5 Å². The third-order valence-corrected chi connectivity index (χ3v) is 3.58. The topological polar surface area (TPSA) is 75.7 Å². The number of ether oxygens (including phenoxy) is 1. The van der Waals surface area contributed by atoms with Crippen LogP contribution in [0.25, 0.3) is 0 Å². The maximum Gasteiger partial charge on any atom is 0.120 e. The summed E-state index contributed by atoms with van der Waals surface area (Å²) in [7, 11) is 0. The van der Waals surface area contributed by atoms with Crippen molar-refractivity contribution < 1.29 is 14.9 Å². The summed E-state index contributed by atoms with van der Waals surface area (Å²) < 4.78 is 5.67. The van der Waals surface area contributed by atoms with Crippen LogP contribution >= 0.6 is 0 Å². The Morgan fingerprint density at radius 3 is 2.95 bits per heavy atom. The lowest BCUT2D eigenvalue weighted by Crippen LogP contribution is -2.35. The minimum Gasteiger partial charge on any atom is -0.490 e. The minimum absolute atomic E-state index is 0.236. The Balaban J connectivity index is 1.97. The third-order valence-electron chi connectivity index (χ3n) is 3.58. The summed E-state index contributed by atoms with van der Waals surface area (Å²) in [6.45, 7) is 0.677. The van der Waals surface area contributed by atoms with Gasteiger partial charge in [0.2, 0.25) is 0 Å². The Morgan fingerprint density at radius 2 is 2.25 bits per heavy atom. The van der Waals surface area contributed by atoms with Gasteiger partial charge in [0.25, 0.3) is 0 Å². The predicted molar refractivity (Wildman–Crippen MR) is 78.5 cm³/mol. The molecule has 1 aliphatic carbocycles. The monoisotopic (exact) mass is 277 g/mol. The molecule has 0 heterocycles. The summed E-state index contributed by atoms with van der Waals surface area (Å²) in [4.78, 5) is 0. The zero-order chi connectivity index (χ0) is 14.4. The van der Waals surface area contributed by atoms with Gasteiger partial charge in [-0.05, 0) is 49.9 Å². The molecule has 1 aromatic rings.